The second-order valence-corrected chi connectivity index (χ2v) is 7.24. The van der Waals surface area contributed by atoms with Gasteiger partial charge >= 0.3 is 0 Å². The van der Waals surface area contributed by atoms with E-state index in [9.17, 15) is 0 Å². The maximum atomic E-state index is 4.93. The maximum Gasteiger partial charge on any atom is 0.195 e. The summed E-state index contributed by atoms with van der Waals surface area (Å²) in [5, 5.41) is 5.68. The molecule has 1 fully saturated rings. The van der Waals surface area contributed by atoms with Crippen LogP contribution in [0, 0.1) is 0 Å². The molecule has 0 amide bonds. The first-order valence-corrected chi connectivity index (χ1v) is 8.99. The van der Waals surface area contributed by atoms with E-state index in [1.54, 1.807) is 11.3 Å². The van der Waals surface area contributed by atoms with Gasteiger partial charge in [-0.3, -0.25) is 4.40 Å². The minimum absolute atomic E-state index is 0.489. The lowest BCUT2D eigenvalue weighted by atomic mass is 10.1. The van der Waals surface area contributed by atoms with Crippen molar-refractivity contribution >= 4 is 22.1 Å². The summed E-state index contributed by atoms with van der Waals surface area (Å²) in [7, 11) is 0. The van der Waals surface area contributed by atoms with Gasteiger partial charge < -0.3 is 10.2 Å². The summed E-state index contributed by atoms with van der Waals surface area (Å²) in [4.78, 5) is 8.58. The molecule has 0 aromatic carbocycles. The zero-order valence-electron chi connectivity index (χ0n) is 13.3. The molecule has 1 unspecified atom stereocenters. The van der Waals surface area contributed by atoms with Crippen LogP contribution in [0.25, 0.3) is 4.96 Å². The summed E-state index contributed by atoms with van der Waals surface area (Å²) in [5.41, 5.74) is 1.31. The summed E-state index contributed by atoms with van der Waals surface area (Å²) < 4.78 is 2.26. The van der Waals surface area contributed by atoms with Crippen LogP contribution in [0.5, 0.6) is 0 Å². The van der Waals surface area contributed by atoms with Gasteiger partial charge in [0.25, 0.3) is 0 Å². The number of rotatable bonds is 4. The monoisotopic (exact) mass is 306 g/mol. The van der Waals surface area contributed by atoms with Gasteiger partial charge in [-0.2, -0.15) is 0 Å². The predicted molar refractivity (Wildman–Crippen MR) is 90.3 cm³/mol. The van der Waals surface area contributed by atoms with Crippen molar-refractivity contribution in [3.8, 4) is 0 Å². The minimum Gasteiger partial charge on any atom is -0.352 e. The smallest absolute Gasteiger partial charge is 0.195 e. The number of fused-ring (bicyclic) bond motifs is 1. The molecule has 116 valence electrons. The van der Waals surface area contributed by atoms with Crippen LogP contribution < -0.4 is 10.2 Å². The lowest BCUT2D eigenvalue weighted by molar-refractivity contribution is 0.571. The molecule has 4 nitrogen and oxygen atoms in total. The van der Waals surface area contributed by atoms with Crippen molar-refractivity contribution < 1.29 is 0 Å². The highest BCUT2D eigenvalue weighted by molar-refractivity contribution is 7.15. The van der Waals surface area contributed by atoms with Crippen molar-refractivity contribution in [2.24, 2.45) is 0 Å². The molecule has 0 radical (unpaired) electrons. The zero-order chi connectivity index (χ0) is 14.8. The Kier molecular flexibility index (Phi) is 4.50. The fraction of sp³-hybridized carbons (Fsp3) is 0.688. The Morgan fingerprint density at radius 1 is 1.38 bits per heavy atom. The molecule has 1 aliphatic rings. The van der Waals surface area contributed by atoms with Gasteiger partial charge in [0.2, 0.25) is 0 Å². The zero-order valence-corrected chi connectivity index (χ0v) is 14.1. The largest absolute Gasteiger partial charge is 0.352 e. The molecule has 5 heteroatoms. The highest BCUT2D eigenvalue weighted by Gasteiger charge is 2.24. The number of hydrogen-bond donors (Lipinski definition) is 1. The average Bonchev–Trinajstić information content (AvgIpc) is 2.94. The number of hydrogen-bond acceptors (Lipinski definition) is 4. The standard InChI is InChI=1S/C16H26N4S/c1-12(2)17-11-14-15(18-16-20(14)9-10-21-16)19-8-6-4-5-7-13(19)3/h9-10,12-13,17H,4-8,11H2,1-3H3. The lowest BCUT2D eigenvalue weighted by Crippen LogP contribution is -2.34. The van der Waals surface area contributed by atoms with Crippen molar-refractivity contribution in [1.82, 2.24) is 14.7 Å². The van der Waals surface area contributed by atoms with E-state index < -0.39 is 0 Å². The van der Waals surface area contributed by atoms with Gasteiger partial charge in [-0.15, -0.1) is 11.3 Å². The van der Waals surface area contributed by atoms with Gasteiger partial charge in [-0.25, -0.2) is 4.98 Å². The van der Waals surface area contributed by atoms with E-state index in [1.165, 1.54) is 37.2 Å². The molecule has 1 atom stereocenters. The van der Waals surface area contributed by atoms with Crippen molar-refractivity contribution in [1.29, 1.82) is 0 Å². The number of nitrogens with one attached hydrogen (secondary N) is 1. The molecule has 1 aliphatic heterocycles. The second kappa shape index (κ2) is 6.36. The first-order chi connectivity index (χ1) is 10.2. The van der Waals surface area contributed by atoms with Gasteiger partial charge in [0.15, 0.2) is 10.8 Å². The van der Waals surface area contributed by atoms with Crippen LogP contribution in [0.15, 0.2) is 11.6 Å². The molecule has 0 spiro atoms. The molecule has 0 saturated carbocycles. The first kappa shape index (κ1) is 14.9. The summed E-state index contributed by atoms with van der Waals surface area (Å²) >= 11 is 1.72. The minimum atomic E-state index is 0.489. The van der Waals surface area contributed by atoms with Crippen LogP contribution in [-0.4, -0.2) is 28.0 Å². The van der Waals surface area contributed by atoms with E-state index in [1.807, 2.05) is 0 Å². The Hall–Kier alpha value is -1.07. The fourth-order valence-corrected chi connectivity index (χ4v) is 3.83. The highest BCUT2D eigenvalue weighted by Crippen LogP contribution is 2.29. The van der Waals surface area contributed by atoms with Crippen molar-refractivity contribution in [3.05, 3.63) is 17.3 Å². The van der Waals surface area contributed by atoms with E-state index >= 15 is 0 Å². The van der Waals surface area contributed by atoms with Crippen LogP contribution in [0.4, 0.5) is 5.82 Å². The molecule has 1 saturated heterocycles. The van der Waals surface area contributed by atoms with Crippen LogP contribution >= 0.6 is 11.3 Å². The van der Waals surface area contributed by atoms with Crippen molar-refractivity contribution in [2.75, 3.05) is 11.4 Å². The van der Waals surface area contributed by atoms with Crippen LogP contribution in [-0.2, 0) is 6.54 Å². The molecule has 0 bridgehead atoms. The Bertz CT molecular complexity index is 586. The number of nitrogens with zero attached hydrogens (tertiary/aromatic N) is 3. The number of imidazole rings is 1. The van der Waals surface area contributed by atoms with Crippen molar-refractivity contribution in [2.45, 2.75) is 65.1 Å². The van der Waals surface area contributed by atoms with E-state index in [-0.39, 0.29) is 0 Å². The van der Waals surface area contributed by atoms with E-state index in [0.717, 1.165) is 18.1 Å². The Morgan fingerprint density at radius 3 is 3.05 bits per heavy atom. The molecular formula is C16H26N4S. The van der Waals surface area contributed by atoms with Gasteiger partial charge in [-0.1, -0.05) is 26.7 Å². The third-order valence-corrected chi connectivity index (χ3v) is 5.10. The highest BCUT2D eigenvalue weighted by atomic mass is 32.1. The van der Waals surface area contributed by atoms with Gasteiger partial charge in [-0.05, 0) is 19.8 Å². The molecule has 2 aromatic rings. The summed E-state index contributed by atoms with van der Waals surface area (Å²) in [6.45, 7) is 8.76. The average molecular weight is 306 g/mol. The topological polar surface area (TPSA) is 32.6 Å². The fourth-order valence-electron chi connectivity index (χ4n) is 3.11. The van der Waals surface area contributed by atoms with E-state index in [0.29, 0.717) is 12.1 Å². The number of thiazole rings is 1. The van der Waals surface area contributed by atoms with E-state index in [2.05, 4.69) is 47.0 Å². The lowest BCUT2D eigenvalue weighted by Gasteiger charge is -2.28. The van der Waals surface area contributed by atoms with Gasteiger partial charge in [0.1, 0.15) is 0 Å². The Labute approximate surface area is 131 Å². The number of aromatic nitrogens is 2. The second-order valence-electron chi connectivity index (χ2n) is 6.37. The van der Waals surface area contributed by atoms with Crippen molar-refractivity contribution in [3.63, 3.8) is 0 Å². The van der Waals surface area contributed by atoms with Crippen LogP contribution in [0.3, 0.4) is 0 Å². The molecule has 3 rings (SSSR count). The van der Waals surface area contributed by atoms with Gasteiger partial charge in [0, 0.05) is 36.8 Å². The SMILES string of the molecule is CC(C)NCc1c(N2CCCCCC2C)nc2sccn12. The van der Waals surface area contributed by atoms with Gasteiger partial charge in [0.05, 0.1) is 5.69 Å². The Morgan fingerprint density at radius 2 is 2.24 bits per heavy atom. The quantitative estimate of drug-likeness (QED) is 0.935. The molecular weight excluding hydrogens is 280 g/mol. The molecule has 3 heterocycles. The van der Waals surface area contributed by atoms with E-state index in [4.69, 9.17) is 4.98 Å². The summed E-state index contributed by atoms with van der Waals surface area (Å²) in [6.07, 6.45) is 7.41. The van der Waals surface area contributed by atoms with Crippen LogP contribution in [0.1, 0.15) is 52.1 Å². The third kappa shape index (κ3) is 3.09. The molecule has 1 N–H and O–H groups in total. The summed E-state index contributed by atoms with van der Waals surface area (Å²) in [5.74, 6) is 1.20. The molecule has 2 aromatic heterocycles. The Balaban J connectivity index is 1.95. The predicted octanol–water partition coefficient (Wildman–Crippen LogP) is 3.66. The normalized spacial score (nSPS) is 20.4. The summed E-state index contributed by atoms with van der Waals surface area (Å²) in [6, 6.07) is 1.08. The number of anilines is 1. The first-order valence-electron chi connectivity index (χ1n) is 8.11. The third-order valence-electron chi connectivity index (χ3n) is 4.34. The molecule has 0 aliphatic carbocycles. The van der Waals surface area contributed by atoms with Crippen LogP contribution in [0.2, 0.25) is 0 Å². The molecule has 21 heavy (non-hydrogen) atoms. The maximum absolute atomic E-state index is 4.93.